The first-order chi connectivity index (χ1) is 12.3. The Morgan fingerprint density at radius 3 is 2.12 bits per heavy atom. The predicted octanol–water partition coefficient (Wildman–Crippen LogP) is 2.22. The number of benzene rings is 2. The van der Waals surface area contributed by atoms with Crippen LogP contribution >= 0.6 is 0 Å². The van der Waals surface area contributed by atoms with Crippen molar-refractivity contribution in [3.8, 4) is 5.75 Å². The molecule has 0 spiro atoms. The molecule has 0 aliphatic carbocycles. The summed E-state index contributed by atoms with van der Waals surface area (Å²) >= 11 is 0. The van der Waals surface area contributed by atoms with E-state index in [1.165, 1.54) is 25.5 Å². The Kier molecular flexibility index (Phi) is 6.23. The van der Waals surface area contributed by atoms with E-state index in [1.807, 2.05) is 6.92 Å². The van der Waals surface area contributed by atoms with E-state index in [-0.39, 0.29) is 17.4 Å². The zero-order chi connectivity index (χ0) is 19.3. The first-order valence-corrected chi connectivity index (χ1v) is 9.29. The fourth-order valence-corrected chi connectivity index (χ4v) is 3.29. The lowest BCUT2D eigenvalue weighted by Crippen LogP contribution is -2.30. The van der Waals surface area contributed by atoms with Gasteiger partial charge in [0.15, 0.2) is 6.61 Å². The van der Waals surface area contributed by atoms with Crippen LogP contribution in [0.1, 0.15) is 5.56 Å². The van der Waals surface area contributed by atoms with Crippen molar-refractivity contribution in [2.45, 2.75) is 11.8 Å². The molecule has 2 aromatic rings. The van der Waals surface area contributed by atoms with E-state index in [1.54, 1.807) is 48.5 Å². The number of hydrogen-bond donors (Lipinski definition) is 0. The molecule has 0 N–H and O–H groups in total. The quantitative estimate of drug-likeness (QED) is 0.691. The first kappa shape index (κ1) is 19.7. The molecule has 0 aliphatic heterocycles. The average molecular weight is 378 g/mol. The molecule has 0 fully saturated rings. The number of likely N-dealkylation sites (N-methyl/N-ethyl adjacent to an activating group) is 1. The molecule has 8 heteroatoms. The molecule has 0 saturated heterocycles. The van der Waals surface area contributed by atoms with Gasteiger partial charge in [-0.2, -0.15) is 0 Å². The minimum Gasteiger partial charge on any atom is -0.484 e. The van der Waals surface area contributed by atoms with Crippen LogP contribution in [-0.2, 0) is 19.7 Å². The van der Waals surface area contributed by atoms with Gasteiger partial charge in [0.25, 0.3) is 15.9 Å². The van der Waals surface area contributed by atoms with Crippen molar-refractivity contribution < 1.29 is 22.8 Å². The van der Waals surface area contributed by atoms with Crippen molar-refractivity contribution in [3.63, 3.8) is 0 Å². The summed E-state index contributed by atoms with van der Waals surface area (Å²) in [6.45, 7) is 1.72. The molecule has 1 amide bonds. The van der Waals surface area contributed by atoms with Gasteiger partial charge >= 0.3 is 0 Å². The highest BCUT2D eigenvalue weighted by Gasteiger charge is 2.21. The molecule has 2 aromatic carbocycles. The Morgan fingerprint density at radius 2 is 1.58 bits per heavy atom. The van der Waals surface area contributed by atoms with E-state index in [9.17, 15) is 13.2 Å². The lowest BCUT2D eigenvalue weighted by Gasteiger charge is -2.20. The van der Waals surface area contributed by atoms with Crippen LogP contribution in [0.15, 0.2) is 53.4 Å². The van der Waals surface area contributed by atoms with E-state index < -0.39 is 10.0 Å². The van der Waals surface area contributed by atoms with Gasteiger partial charge in [-0.25, -0.2) is 13.5 Å². The molecule has 0 atom stereocenters. The number of carbonyl (C=O) groups is 1. The van der Waals surface area contributed by atoms with Crippen molar-refractivity contribution in [1.29, 1.82) is 0 Å². The zero-order valence-electron chi connectivity index (χ0n) is 15.2. The molecule has 0 bridgehead atoms. The summed E-state index contributed by atoms with van der Waals surface area (Å²) in [5.74, 6) is 0.114. The summed E-state index contributed by atoms with van der Waals surface area (Å²) in [5, 5.41) is 1.07. The van der Waals surface area contributed by atoms with Crippen LogP contribution in [0.2, 0.25) is 0 Å². The summed E-state index contributed by atoms with van der Waals surface area (Å²) in [7, 11) is 0.713. The molecular weight excluding hydrogens is 356 g/mol. The molecule has 0 unspecified atom stereocenters. The molecule has 26 heavy (non-hydrogen) atoms. The first-order valence-electron chi connectivity index (χ1n) is 7.85. The normalized spacial score (nSPS) is 11.1. The van der Waals surface area contributed by atoms with Gasteiger partial charge in [-0.15, -0.1) is 0 Å². The number of ether oxygens (including phenoxy) is 1. The third-order valence-electron chi connectivity index (χ3n) is 3.87. The molecule has 0 aromatic heterocycles. The molecular formula is C18H22N2O5S. The number of anilines is 1. The van der Waals surface area contributed by atoms with E-state index in [0.29, 0.717) is 11.4 Å². The summed E-state index contributed by atoms with van der Waals surface area (Å²) in [4.78, 5) is 16.6. The number of amides is 1. The van der Waals surface area contributed by atoms with Gasteiger partial charge in [-0.3, -0.25) is 13.9 Å². The van der Waals surface area contributed by atoms with Crippen LogP contribution in [0.3, 0.4) is 0 Å². The molecule has 0 heterocycles. The lowest BCUT2D eigenvalue weighted by atomic mass is 10.2. The highest BCUT2D eigenvalue weighted by atomic mass is 32.2. The van der Waals surface area contributed by atoms with Gasteiger partial charge in [-0.1, -0.05) is 17.7 Å². The minimum atomic E-state index is -3.65. The number of rotatable bonds is 7. The van der Waals surface area contributed by atoms with Crippen molar-refractivity contribution >= 4 is 21.6 Å². The van der Waals surface area contributed by atoms with Crippen molar-refractivity contribution in [1.82, 2.24) is 5.06 Å². The molecule has 0 aliphatic rings. The lowest BCUT2D eigenvalue weighted by molar-refractivity contribution is -0.170. The highest BCUT2D eigenvalue weighted by molar-refractivity contribution is 7.92. The fourth-order valence-electron chi connectivity index (χ4n) is 2.10. The Hall–Kier alpha value is -2.58. The largest absolute Gasteiger partial charge is 0.484 e. The maximum Gasteiger partial charge on any atom is 0.283 e. The second-order valence-corrected chi connectivity index (χ2v) is 7.61. The number of nitrogens with zero attached hydrogens (tertiary/aromatic N) is 2. The van der Waals surface area contributed by atoms with Gasteiger partial charge < -0.3 is 4.74 Å². The zero-order valence-corrected chi connectivity index (χ0v) is 16.0. The van der Waals surface area contributed by atoms with Crippen molar-refractivity contribution in [2.75, 3.05) is 32.1 Å². The third-order valence-corrected chi connectivity index (χ3v) is 5.67. The number of sulfonamides is 1. The highest BCUT2D eigenvalue weighted by Crippen LogP contribution is 2.24. The van der Waals surface area contributed by atoms with Crippen molar-refractivity contribution in [2.24, 2.45) is 0 Å². The van der Waals surface area contributed by atoms with Crippen LogP contribution < -0.4 is 9.04 Å². The fraction of sp³-hybridized carbons (Fsp3) is 0.278. The standard InChI is InChI=1S/C18H22N2O5S/c1-14-5-11-17(12-6-14)26(22,23)20(3)15-7-9-16(10-8-15)25-13-18(21)19(2)24-4/h5-12H,13H2,1-4H3. The summed E-state index contributed by atoms with van der Waals surface area (Å²) in [6.07, 6.45) is 0. The van der Waals surface area contributed by atoms with Gasteiger partial charge in [0, 0.05) is 14.1 Å². The number of aryl methyl sites for hydroxylation is 1. The Labute approximate surface area is 153 Å². The average Bonchev–Trinajstić information content (AvgIpc) is 2.65. The second kappa shape index (κ2) is 8.20. The maximum absolute atomic E-state index is 12.7. The van der Waals surface area contributed by atoms with E-state index in [2.05, 4.69) is 0 Å². The monoisotopic (exact) mass is 378 g/mol. The maximum atomic E-state index is 12.7. The topological polar surface area (TPSA) is 76.2 Å². The molecule has 0 radical (unpaired) electrons. The Bertz CT molecular complexity index is 848. The van der Waals surface area contributed by atoms with Crippen LogP contribution in [0, 0.1) is 6.92 Å². The van der Waals surface area contributed by atoms with Gasteiger partial charge in [0.1, 0.15) is 5.75 Å². The van der Waals surface area contributed by atoms with Crippen LogP contribution in [0.5, 0.6) is 5.75 Å². The van der Waals surface area contributed by atoms with Gasteiger partial charge in [-0.05, 0) is 43.3 Å². The van der Waals surface area contributed by atoms with Crippen LogP contribution in [-0.4, -0.2) is 47.2 Å². The molecule has 7 nitrogen and oxygen atoms in total. The molecule has 2 rings (SSSR count). The Morgan fingerprint density at radius 1 is 1.00 bits per heavy atom. The SMILES string of the molecule is CON(C)C(=O)COc1ccc(N(C)S(=O)(=O)c2ccc(C)cc2)cc1. The van der Waals surface area contributed by atoms with E-state index in [0.717, 1.165) is 10.6 Å². The third kappa shape index (κ3) is 4.53. The predicted molar refractivity (Wildman–Crippen MR) is 98.5 cm³/mol. The van der Waals surface area contributed by atoms with E-state index in [4.69, 9.17) is 9.57 Å². The summed E-state index contributed by atoms with van der Waals surface area (Å²) < 4.78 is 31.9. The molecule has 140 valence electrons. The van der Waals surface area contributed by atoms with Crippen LogP contribution in [0.25, 0.3) is 0 Å². The number of hydrogen-bond acceptors (Lipinski definition) is 5. The van der Waals surface area contributed by atoms with Gasteiger partial charge in [0.05, 0.1) is 17.7 Å². The second-order valence-electron chi connectivity index (χ2n) is 5.64. The minimum absolute atomic E-state index is 0.179. The Balaban J connectivity index is 2.09. The van der Waals surface area contributed by atoms with Gasteiger partial charge in [0.2, 0.25) is 0 Å². The summed E-state index contributed by atoms with van der Waals surface area (Å²) in [5.41, 5.74) is 1.47. The number of carbonyl (C=O) groups excluding carboxylic acids is 1. The smallest absolute Gasteiger partial charge is 0.283 e. The van der Waals surface area contributed by atoms with Crippen molar-refractivity contribution in [3.05, 3.63) is 54.1 Å². The number of hydroxylamine groups is 2. The molecule has 0 saturated carbocycles. The van der Waals surface area contributed by atoms with E-state index >= 15 is 0 Å². The van der Waals surface area contributed by atoms with Crippen LogP contribution in [0.4, 0.5) is 5.69 Å². The summed E-state index contributed by atoms with van der Waals surface area (Å²) in [6, 6.07) is 13.1.